The summed E-state index contributed by atoms with van der Waals surface area (Å²) < 4.78 is 38.9. The third-order valence-corrected chi connectivity index (χ3v) is 5.52. The van der Waals surface area contributed by atoms with Crippen molar-refractivity contribution >= 4 is 44.5 Å². The second kappa shape index (κ2) is 11.0. The summed E-state index contributed by atoms with van der Waals surface area (Å²) in [7, 11) is -0.382. The molecule has 1 rings (SSSR count). The van der Waals surface area contributed by atoms with Crippen molar-refractivity contribution in [1.82, 2.24) is 0 Å². The minimum absolute atomic E-state index is 0.0562. The van der Waals surface area contributed by atoms with E-state index in [1.54, 1.807) is 0 Å². The molecule has 0 aromatic heterocycles. The summed E-state index contributed by atoms with van der Waals surface area (Å²) in [6, 6.07) is 3.71. The minimum Gasteiger partial charge on any atom is -0.480 e. The van der Waals surface area contributed by atoms with Gasteiger partial charge < -0.3 is 10.2 Å². The second-order valence-electron chi connectivity index (χ2n) is 4.72. The van der Waals surface area contributed by atoms with Gasteiger partial charge in [-0.05, 0) is 12.8 Å². The first kappa shape index (κ1) is 23.3. The average molecular weight is 439 g/mol. The number of hydrogen-bond donors (Lipinski definition) is 6. The van der Waals surface area contributed by atoms with Crippen LogP contribution in [0.25, 0.3) is 0 Å². The summed E-state index contributed by atoms with van der Waals surface area (Å²) in [5.41, 5.74) is -1.08. The van der Waals surface area contributed by atoms with Gasteiger partial charge in [0.2, 0.25) is 0 Å². The maximum absolute atomic E-state index is 11.1. The van der Waals surface area contributed by atoms with E-state index < -0.39 is 31.7 Å². The Hall–Kier alpha value is -1.70. The molecule has 0 spiro atoms. The van der Waals surface area contributed by atoms with Gasteiger partial charge in [-0.2, -0.15) is 0 Å². The molecule has 0 fully saturated rings. The number of amides is 1. The predicted octanol–water partition coefficient (Wildman–Crippen LogP) is -0.585. The number of rotatable bonds is 7. The van der Waals surface area contributed by atoms with E-state index in [4.69, 9.17) is 18.4 Å². The quantitative estimate of drug-likeness (QED) is 0.184. The third kappa shape index (κ3) is 8.81. The number of carboxylic acid groups (broad SMARTS) is 1. The van der Waals surface area contributed by atoms with Gasteiger partial charge in [0.05, 0.1) is 0 Å². The van der Waals surface area contributed by atoms with Crippen LogP contribution < -0.4 is 9.67 Å². The van der Waals surface area contributed by atoms with Crippen molar-refractivity contribution in [2.45, 2.75) is 25.4 Å². The molecule has 0 radical (unpaired) electrons. The monoisotopic (exact) mass is 439 g/mol. The van der Waals surface area contributed by atoms with Crippen molar-refractivity contribution in [2.24, 2.45) is 0 Å². The normalized spacial score (nSPS) is 12.0. The molecule has 140 valence electrons. The molecule has 0 saturated heterocycles. The fourth-order valence-corrected chi connectivity index (χ4v) is 3.52. The Morgan fingerprint density at radius 1 is 1.32 bits per heavy atom. The number of carbonyl (C=O) groups excluding carboxylic acids is 1. The Balaban J connectivity index is 0.000000504. The van der Waals surface area contributed by atoms with Crippen molar-refractivity contribution in [2.75, 3.05) is 11.9 Å². The van der Waals surface area contributed by atoms with E-state index in [1.807, 2.05) is 0 Å². The van der Waals surface area contributed by atoms with Crippen LogP contribution in [0.5, 0.6) is 5.75 Å². The number of aliphatic hydroxyl groups excluding tert-OH is 1. The maximum atomic E-state index is 11.1. The molecule has 0 aliphatic heterocycles. The number of anilines is 1. The molecule has 1 aromatic carbocycles. The van der Waals surface area contributed by atoms with Crippen LogP contribution in [0.15, 0.2) is 18.2 Å². The van der Waals surface area contributed by atoms with Crippen LogP contribution >= 0.6 is 8.46 Å². The van der Waals surface area contributed by atoms with Gasteiger partial charge in [0.15, 0.2) is 8.46 Å². The number of benzene rings is 1. The molecular weight excluding hydrogens is 420 g/mol. The van der Waals surface area contributed by atoms with Crippen LogP contribution in [-0.4, -0.2) is 61.8 Å². The summed E-state index contributed by atoms with van der Waals surface area (Å²) in [5, 5.41) is 28.1. The Labute approximate surface area is 147 Å². The summed E-state index contributed by atoms with van der Waals surface area (Å²) in [6.07, 6.45) is 0.642. The molecule has 1 unspecified atom stereocenters. The molecule has 10 nitrogen and oxygen atoms in total. The first-order chi connectivity index (χ1) is 11.5. The molecule has 12 heteroatoms. The number of phenols is 1. The van der Waals surface area contributed by atoms with E-state index in [0.29, 0.717) is 6.42 Å². The molecule has 6 N–H and O–H groups in total. The largest absolute Gasteiger partial charge is 0.480 e. The molecule has 25 heavy (non-hydrogen) atoms. The molecule has 0 heterocycles. The fraction of sp³-hybridized carbons (Fsp3) is 0.385. The van der Waals surface area contributed by atoms with Crippen molar-refractivity contribution in [3.05, 3.63) is 18.2 Å². The molecule has 0 saturated carbocycles. The maximum Gasteiger partial charge on any atom is 0.318 e. The van der Waals surface area contributed by atoms with Crippen molar-refractivity contribution in [3.8, 4) is 5.75 Å². The Bertz CT molecular complexity index is 661. The number of carbonyl (C=O) groups is 2. The minimum atomic E-state index is -5.14. The first-order valence-electron chi connectivity index (χ1n) is 6.86. The van der Waals surface area contributed by atoms with Crippen molar-refractivity contribution in [1.29, 1.82) is 0 Å². The van der Waals surface area contributed by atoms with Crippen molar-refractivity contribution in [3.63, 3.8) is 0 Å². The SMILES string of the molecule is CC(=O)Nc1c(O)cccc1[As](=O)(O)O.O=PC(CCCO)C(=O)O. The smallest absolute Gasteiger partial charge is 0.318 e. The van der Waals surface area contributed by atoms with Crippen molar-refractivity contribution < 1.29 is 41.4 Å². The van der Waals surface area contributed by atoms with Gasteiger partial charge in [0.25, 0.3) is 0 Å². The first-order valence-corrected chi connectivity index (χ1v) is 11.1. The fourth-order valence-electron chi connectivity index (χ4n) is 1.58. The molecule has 0 aliphatic carbocycles. The number of aromatic hydroxyl groups is 1. The summed E-state index contributed by atoms with van der Waals surface area (Å²) in [5.74, 6) is -1.96. The number of aliphatic hydroxyl groups is 1. The van der Waals surface area contributed by atoms with E-state index in [0.717, 1.165) is 0 Å². The average Bonchev–Trinajstić information content (AvgIpc) is 2.49. The predicted molar refractivity (Wildman–Crippen MR) is 88.3 cm³/mol. The van der Waals surface area contributed by atoms with Gasteiger partial charge in [0.1, 0.15) is 5.66 Å². The Kier molecular flexibility index (Phi) is 10.3. The van der Waals surface area contributed by atoms with Crippen LogP contribution in [0.1, 0.15) is 19.8 Å². The molecule has 0 aliphatic rings. The standard InChI is InChI=1S/C8H10AsNO5.C5H9O4P/c1-5(11)10-8-6(9(13,14)15)3-2-4-7(8)12;6-3-1-2-4(10-9)5(7)8/h2-4,12H,1H3,(H,10,11)(H2,13,14,15);4,6H,1-3H2,(H,7,8). The van der Waals surface area contributed by atoms with Gasteiger partial charge >= 0.3 is 94.1 Å². The van der Waals surface area contributed by atoms with Gasteiger partial charge in [-0.25, -0.2) is 0 Å². The topological polar surface area (TPSA) is 181 Å². The number of phenolic OH excluding ortho intramolecular Hbond substituents is 1. The van der Waals surface area contributed by atoms with Crippen LogP contribution in [0.2, 0.25) is 0 Å². The summed E-state index contributed by atoms with van der Waals surface area (Å²) >= 11 is -5.14. The van der Waals surface area contributed by atoms with Gasteiger partial charge in [-0.1, -0.05) is 0 Å². The van der Waals surface area contributed by atoms with E-state index >= 15 is 0 Å². The third-order valence-electron chi connectivity index (χ3n) is 2.68. The van der Waals surface area contributed by atoms with E-state index in [1.165, 1.54) is 25.1 Å². The number of para-hydroxylation sites is 1. The molecule has 0 bridgehead atoms. The van der Waals surface area contributed by atoms with Crippen LogP contribution in [0.3, 0.4) is 0 Å². The zero-order chi connectivity index (χ0) is 19.6. The Morgan fingerprint density at radius 2 is 1.92 bits per heavy atom. The molecule has 1 aromatic rings. The van der Waals surface area contributed by atoms with E-state index in [9.17, 15) is 23.0 Å². The molecule has 1 amide bonds. The van der Waals surface area contributed by atoms with Crippen LogP contribution in [-0.2, 0) is 17.9 Å². The second-order valence-corrected chi connectivity index (χ2v) is 8.85. The molecular formula is C13H19AsNO9P. The van der Waals surface area contributed by atoms with Gasteiger partial charge in [-0.15, -0.1) is 0 Å². The zero-order valence-corrected chi connectivity index (χ0v) is 16.0. The number of carboxylic acids is 1. The Morgan fingerprint density at radius 3 is 2.32 bits per heavy atom. The summed E-state index contributed by atoms with van der Waals surface area (Å²) in [6.45, 7) is 1.13. The number of aliphatic carboxylic acids is 1. The zero-order valence-electron chi connectivity index (χ0n) is 13.2. The number of nitrogens with one attached hydrogen (secondary N) is 1. The molecule has 1 atom stereocenters. The van der Waals surface area contributed by atoms with Gasteiger partial charge in [-0.3, -0.25) is 9.36 Å². The van der Waals surface area contributed by atoms with Gasteiger partial charge in [0, 0.05) is 6.61 Å². The summed E-state index contributed by atoms with van der Waals surface area (Å²) in [4.78, 5) is 20.9. The number of hydrogen-bond acceptors (Lipinski definition) is 6. The van der Waals surface area contributed by atoms with E-state index in [-0.39, 0.29) is 37.3 Å². The van der Waals surface area contributed by atoms with Crippen LogP contribution in [0.4, 0.5) is 5.69 Å². The van der Waals surface area contributed by atoms with E-state index in [2.05, 4.69) is 5.32 Å². The van der Waals surface area contributed by atoms with Crippen LogP contribution in [0, 0.1) is 0 Å².